The van der Waals surface area contributed by atoms with Crippen molar-refractivity contribution in [2.45, 2.75) is 25.3 Å². The Hall–Kier alpha value is -0.570. The molecule has 1 saturated heterocycles. The molecule has 1 aliphatic heterocycles. The molecule has 2 N–H and O–H groups in total. The largest absolute Gasteiger partial charge is 0.353 e. The standard InChI is InChI=1S/C10H16N2O/c13-9(3-6-1-2-6)12-10-7-4-11-5-8(7)10/h6-8,10-11H,1-5H2,(H,12,13)/t7-,8+,10?. The maximum atomic E-state index is 11.4. The summed E-state index contributed by atoms with van der Waals surface area (Å²) in [5.74, 6) is 2.52. The summed E-state index contributed by atoms with van der Waals surface area (Å²) in [6.07, 6.45) is 3.32. The Labute approximate surface area is 78.3 Å². The summed E-state index contributed by atoms with van der Waals surface area (Å²) in [4.78, 5) is 11.4. The quantitative estimate of drug-likeness (QED) is 0.647. The highest BCUT2D eigenvalue weighted by Crippen LogP contribution is 2.42. The van der Waals surface area contributed by atoms with E-state index in [4.69, 9.17) is 0 Å². The van der Waals surface area contributed by atoms with Crippen LogP contribution in [0.5, 0.6) is 0 Å². The van der Waals surface area contributed by atoms with E-state index in [2.05, 4.69) is 10.6 Å². The number of carbonyl (C=O) groups excluding carboxylic acids is 1. The van der Waals surface area contributed by atoms with Crippen molar-refractivity contribution in [3.8, 4) is 0 Å². The Morgan fingerprint density at radius 2 is 2.00 bits per heavy atom. The molecule has 0 aromatic carbocycles. The normalized spacial score (nSPS) is 41.4. The first-order valence-electron chi connectivity index (χ1n) is 5.34. The van der Waals surface area contributed by atoms with E-state index >= 15 is 0 Å². The molecule has 2 saturated carbocycles. The molecule has 2 aliphatic carbocycles. The summed E-state index contributed by atoms with van der Waals surface area (Å²) in [6.45, 7) is 2.22. The van der Waals surface area contributed by atoms with Crippen LogP contribution in [0.15, 0.2) is 0 Å². The summed E-state index contributed by atoms with van der Waals surface area (Å²) >= 11 is 0. The monoisotopic (exact) mass is 180 g/mol. The van der Waals surface area contributed by atoms with E-state index in [0.717, 1.165) is 37.3 Å². The van der Waals surface area contributed by atoms with Gasteiger partial charge in [-0.25, -0.2) is 0 Å². The Balaban J connectivity index is 1.45. The van der Waals surface area contributed by atoms with Crippen molar-refractivity contribution in [2.24, 2.45) is 17.8 Å². The first kappa shape index (κ1) is 7.80. The maximum absolute atomic E-state index is 11.4. The minimum Gasteiger partial charge on any atom is -0.353 e. The molecule has 3 heteroatoms. The van der Waals surface area contributed by atoms with Crippen LogP contribution in [0.2, 0.25) is 0 Å². The Kier molecular flexibility index (Phi) is 1.62. The van der Waals surface area contributed by atoms with Crippen LogP contribution in [0, 0.1) is 17.8 Å². The van der Waals surface area contributed by atoms with Crippen LogP contribution in [0.3, 0.4) is 0 Å². The fourth-order valence-electron chi connectivity index (χ4n) is 2.46. The van der Waals surface area contributed by atoms with Crippen LogP contribution < -0.4 is 10.6 Å². The van der Waals surface area contributed by atoms with Crippen molar-refractivity contribution in [2.75, 3.05) is 13.1 Å². The van der Waals surface area contributed by atoms with Crippen LogP contribution in [0.1, 0.15) is 19.3 Å². The lowest BCUT2D eigenvalue weighted by molar-refractivity contribution is -0.121. The van der Waals surface area contributed by atoms with Crippen molar-refractivity contribution in [1.29, 1.82) is 0 Å². The molecule has 0 radical (unpaired) electrons. The number of piperidine rings is 1. The summed E-state index contributed by atoms with van der Waals surface area (Å²) in [5.41, 5.74) is 0. The molecule has 3 aliphatic rings. The highest BCUT2D eigenvalue weighted by atomic mass is 16.1. The Bertz CT molecular complexity index is 227. The first-order chi connectivity index (χ1) is 6.34. The highest BCUT2D eigenvalue weighted by Gasteiger charge is 2.53. The van der Waals surface area contributed by atoms with E-state index in [1.165, 1.54) is 12.8 Å². The summed E-state index contributed by atoms with van der Waals surface area (Å²) < 4.78 is 0. The average molecular weight is 180 g/mol. The summed E-state index contributed by atoms with van der Waals surface area (Å²) in [5, 5.41) is 6.48. The van der Waals surface area contributed by atoms with Gasteiger partial charge in [-0.05, 0) is 30.6 Å². The van der Waals surface area contributed by atoms with Crippen LogP contribution in [0.4, 0.5) is 0 Å². The van der Waals surface area contributed by atoms with Crippen LogP contribution in [0.25, 0.3) is 0 Å². The van der Waals surface area contributed by atoms with E-state index in [1.807, 2.05) is 0 Å². The lowest BCUT2D eigenvalue weighted by Crippen LogP contribution is -2.32. The molecule has 72 valence electrons. The summed E-state index contributed by atoms with van der Waals surface area (Å²) in [7, 11) is 0. The SMILES string of the molecule is O=C(CC1CC1)NC1[C@H]2CNC[C@@H]12. The Morgan fingerprint density at radius 1 is 1.31 bits per heavy atom. The topological polar surface area (TPSA) is 41.1 Å². The van der Waals surface area contributed by atoms with E-state index < -0.39 is 0 Å². The van der Waals surface area contributed by atoms with Gasteiger partial charge >= 0.3 is 0 Å². The van der Waals surface area contributed by atoms with Crippen molar-refractivity contribution < 1.29 is 4.79 Å². The molecular formula is C10H16N2O. The Morgan fingerprint density at radius 3 is 2.62 bits per heavy atom. The molecule has 3 nitrogen and oxygen atoms in total. The predicted octanol–water partition coefficient (Wildman–Crippen LogP) is 0.120. The van der Waals surface area contributed by atoms with Gasteiger partial charge in [-0.15, -0.1) is 0 Å². The summed E-state index contributed by atoms with van der Waals surface area (Å²) in [6, 6.07) is 0.521. The zero-order valence-corrected chi connectivity index (χ0v) is 7.75. The van der Waals surface area contributed by atoms with Crippen molar-refractivity contribution in [3.05, 3.63) is 0 Å². The molecule has 3 atom stereocenters. The van der Waals surface area contributed by atoms with Gasteiger partial charge in [-0.1, -0.05) is 0 Å². The minimum absolute atomic E-state index is 0.293. The molecule has 1 amide bonds. The van der Waals surface area contributed by atoms with Gasteiger partial charge < -0.3 is 10.6 Å². The number of rotatable bonds is 3. The number of nitrogens with one attached hydrogen (secondary N) is 2. The lowest BCUT2D eigenvalue weighted by atomic mass is 10.3. The third-order valence-electron chi connectivity index (χ3n) is 3.59. The predicted molar refractivity (Wildman–Crippen MR) is 49.1 cm³/mol. The lowest BCUT2D eigenvalue weighted by Gasteiger charge is -2.06. The zero-order chi connectivity index (χ0) is 8.84. The smallest absolute Gasteiger partial charge is 0.220 e. The van der Waals surface area contributed by atoms with Gasteiger partial charge in [0.25, 0.3) is 0 Å². The van der Waals surface area contributed by atoms with Crippen molar-refractivity contribution in [1.82, 2.24) is 10.6 Å². The second-order valence-corrected chi connectivity index (χ2v) is 4.73. The molecule has 0 spiro atoms. The number of carbonyl (C=O) groups is 1. The van der Waals surface area contributed by atoms with E-state index in [9.17, 15) is 4.79 Å². The van der Waals surface area contributed by atoms with Gasteiger partial charge in [0.15, 0.2) is 0 Å². The van der Waals surface area contributed by atoms with Crippen molar-refractivity contribution in [3.63, 3.8) is 0 Å². The molecule has 13 heavy (non-hydrogen) atoms. The van der Waals surface area contributed by atoms with Gasteiger partial charge in [0.1, 0.15) is 0 Å². The molecule has 3 fully saturated rings. The fraction of sp³-hybridized carbons (Fsp3) is 0.900. The molecule has 3 rings (SSSR count). The van der Waals surface area contributed by atoms with E-state index in [1.54, 1.807) is 0 Å². The molecule has 0 aromatic rings. The van der Waals surface area contributed by atoms with Crippen LogP contribution in [-0.2, 0) is 4.79 Å². The second kappa shape index (κ2) is 2.71. The molecule has 0 aromatic heterocycles. The number of fused-ring (bicyclic) bond motifs is 1. The minimum atomic E-state index is 0.293. The fourth-order valence-corrected chi connectivity index (χ4v) is 2.46. The van der Waals surface area contributed by atoms with Gasteiger partial charge in [-0.2, -0.15) is 0 Å². The zero-order valence-electron chi connectivity index (χ0n) is 7.75. The highest BCUT2D eigenvalue weighted by molar-refractivity contribution is 5.77. The average Bonchev–Trinajstić information content (AvgIpc) is 2.97. The number of amides is 1. The molecule has 0 bridgehead atoms. The molecule has 1 heterocycles. The van der Waals surface area contributed by atoms with Crippen LogP contribution in [-0.4, -0.2) is 25.0 Å². The second-order valence-electron chi connectivity index (χ2n) is 4.73. The van der Waals surface area contributed by atoms with Gasteiger partial charge in [-0.3, -0.25) is 4.79 Å². The van der Waals surface area contributed by atoms with E-state index in [-0.39, 0.29) is 0 Å². The number of hydrogen-bond acceptors (Lipinski definition) is 2. The first-order valence-corrected chi connectivity index (χ1v) is 5.34. The van der Waals surface area contributed by atoms with Crippen molar-refractivity contribution >= 4 is 5.91 Å². The third-order valence-corrected chi connectivity index (χ3v) is 3.59. The maximum Gasteiger partial charge on any atom is 0.220 e. The van der Waals surface area contributed by atoms with E-state index in [0.29, 0.717) is 11.9 Å². The van der Waals surface area contributed by atoms with Crippen LogP contribution >= 0.6 is 0 Å². The third kappa shape index (κ3) is 1.46. The molecular weight excluding hydrogens is 164 g/mol. The molecule has 1 unspecified atom stereocenters. The van der Waals surface area contributed by atoms with Gasteiger partial charge in [0.2, 0.25) is 5.91 Å². The number of hydrogen-bond donors (Lipinski definition) is 2. The van der Waals surface area contributed by atoms with Gasteiger partial charge in [0.05, 0.1) is 0 Å². The van der Waals surface area contributed by atoms with Gasteiger partial charge in [0, 0.05) is 25.6 Å².